The lowest BCUT2D eigenvalue weighted by molar-refractivity contribution is -0.118. The van der Waals surface area contributed by atoms with Gasteiger partial charge < -0.3 is 15.0 Å². The molecule has 0 aliphatic carbocycles. The molecule has 6 nitrogen and oxygen atoms in total. The second-order valence-corrected chi connectivity index (χ2v) is 7.32. The van der Waals surface area contributed by atoms with Crippen LogP contribution in [0.4, 0.5) is 11.4 Å². The number of pyridine rings is 1. The van der Waals surface area contributed by atoms with Crippen LogP contribution in [0.3, 0.4) is 0 Å². The minimum absolute atomic E-state index is 0.0953. The summed E-state index contributed by atoms with van der Waals surface area (Å²) in [4.78, 5) is 30.7. The molecule has 2 aromatic carbocycles. The Balaban J connectivity index is 1.41. The summed E-state index contributed by atoms with van der Waals surface area (Å²) in [7, 11) is 0. The van der Waals surface area contributed by atoms with Crippen LogP contribution in [0.25, 0.3) is 0 Å². The average molecular weight is 422 g/mol. The molecule has 0 bridgehead atoms. The first-order valence-electron chi connectivity index (χ1n) is 9.67. The molecule has 1 aromatic heterocycles. The van der Waals surface area contributed by atoms with Gasteiger partial charge in [-0.15, -0.1) is 0 Å². The first-order valence-corrected chi connectivity index (χ1v) is 10.1. The molecule has 2 amide bonds. The molecule has 4 rings (SSSR count). The van der Waals surface area contributed by atoms with Crippen molar-refractivity contribution in [2.24, 2.45) is 0 Å². The van der Waals surface area contributed by atoms with Gasteiger partial charge in [-0.1, -0.05) is 18.5 Å². The standard InChI is InChI=1S/C23H20ClN3O3/c1-2-22(28)27-12-11-15-13-16(3-9-20(15)27)23(29)26-18-6-10-21(25-14-18)30-19-7-4-17(24)5-8-19/h3-10,13-14H,2,11-12H2,1H3,(H,26,29). The molecule has 3 aromatic rings. The number of halogens is 1. The van der Waals surface area contributed by atoms with Crippen LogP contribution < -0.4 is 15.0 Å². The second-order valence-electron chi connectivity index (χ2n) is 6.89. The number of hydrogen-bond donors (Lipinski definition) is 1. The summed E-state index contributed by atoms with van der Waals surface area (Å²) in [6.45, 7) is 2.51. The molecule has 0 unspecified atom stereocenters. The van der Waals surface area contributed by atoms with E-state index in [0.717, 1.165) is 17.7 Å². The fourth-order valence-electron chi connectivity index (χ4n) is 3.33. The molecule has 0 saturated carbocycles. The Kier molecular flexibility index (Phi) is 5.68. The van der Waals surface area contributed by atoms with E-state index in [1.165, 1.54) is 6.20 Å². The van der Waals surface area contributed by atoms with E-state index < -0.39 is 0 Å². The maximum absolute atomic E-state index is 12.6. The third-order valence-corrected chi connectivity index (χ3v) is 5.12. The first kappa shape index (κ1) is 19.9. The van der Waals surface area contributed by atoms with Gasteiger partial charge in [0.25, 0.3) is 5.91 Å². The van der Waals surface area contributed by atoms with Crippen molar-refractivity contribution >= 4 is 34.8 Å². The Bertz CT molecular complexity index is 1080. The lowest BCUT2D eigenvalue weighted by Gasteiger charge is -2.16. The maximum atomic E-state index is 12.6. The molecule has 152 valence electrons. The minimum Gasteiger partial charge on any atom is -0.439 e. The Labute approximate surface area is 179 Å². The molecule has 7 heteroatoms. The first-order chi connectivity index (χ1) is 14.5. The van der Waals surface area contributed by atoms with E-state index in [4.69, 9.17) is 16.3 Å². The van der Waals surface area contributed by atoms with Gasteiger partial charge in [0.05, 0.1) is 11.9 Å². The Morgan fingerprint density at radius 3 is 2.63 bits per heavy atom. The molecular weight excluding hydrogens is 402 g/mol. The van der Waals surface area contributed by atoms with Gasteiger partial charge in [0.2, 0.25) is 11.8 Å². The van der Waals surface area contributed by atoms with Crippen LogP contribution >= 0.6 is 11.6 Å². The highest BCUT2D eigenvalue weighted by molar-refractivity contribution is 6.30. The van der Waals surface area contributed by atoms with Crippen molar-refractivity contribution in [3.8, 4) is 11.6 Å². The third kappa shape index (κ3) is 4.28. The van der Waals surface area contributed by atoms with Crippen LogP contribution in [0.2, 0.25) is 5.02 Å². The quantitative estimate of drug-likeness (QED) is 0.623. The molecule has 30 heavy (non-hydrogen) atoms. The minimum atomic E-state index is -0.230. The van der Waals surface area contributed by atoms with Gasteiger partial charge in [-0.25, -0.2) is 4.98 Å². The number of benzene rings is 2. The van der Waals surface area contributed by atoms with Crippen molar-refractivity contribution in [3.05, 3.63) is 76.9 Å². The van der Waals surface area contributed by atoms with E-state index in [2.05, 4.69) is 10.3 Å². The van der Waals surface area contributed by atoms with Crippen molar-refractivity contribution < 1.29 is 14.3 Å². The summed E-state index contributed by atoms with van der Waals surface area (Å²) in [5, 5.41) is 3.47. The van der Waals surface area contributed by atoms with Crippen LogP contribution in [0.1, 0.15) is 29.3 Å². The zero-order chi connectivity index (χ0) is 21.1. The number of rotatable bonds is 5. The number of ether oxygens (including phenoxy) is 1. The summed E-state index contributed by atoms with van der Waals surface area (Å²) < 4.78 is 5.65. The number of nitrogens with zero attached hydrogens (tertiary/aromatic N) is 2. The molecule has 1 aliphatic rings. The smallest absolute Gasteiger partial charge is 0.255 e. The summed E-state index contributed by atoms with van der Waals surface area (Å²) >= 11 is 5.86. The number of anilines is 2. The van der Waals surface area contributed by atoms with Crippen LogP contribution in [-0.2, 0) is 11.2 Å². The van der Waals surface area contributed by atoms with E-state index in [0.29, 0.717) is 40.9 Å². The van der Waals surface area contributed by atoms with Crippen molar-refractivity contribution in [2.45, 2.75) is 19.8 Å². The fraction of sp³-hybridized carbons (Fsp3) is 0.174. The average Bonchev–Trinajstić information content (AvgIpc) is 3.19. The van der Waals surface area contributed by atoms with Gasteiger partial charge in [0.1, 0.15) is 5.75 Å². The van der Waals surface area contributed by atoms with Gasteiger partial charge >= 0.3 is 0 Å². The zero-order valence-electron chi connectivity index (χ0n) is 16.4. The largest absolute Gasteiger partial charge is 0.439 e. The number of amides is 2. The van der Waals surface area contributed by atoms with E-state index in [-0.39, 0.29) is 11.8 Å². The maximum Gasteiger partial charge on any atom is 0.255 e. The van der Waals surface area contributed by atoms with Crippen molar-refractivity contribution in [2.75, 3.05) is 16.8 Å². The highest BCUT2D eigenvalue weighted by atomic mass is 35.5. The molecule has 1 N–H and O–H groups in total. The van der Waals surface area contributed by atoms with Crippen LogP contribution in [0.5, 0.6) is 11.6 Å². The SMILES string of the molecule is CCC(=O)N1CCc2cc(C(=O)Nc3ccc(Oc4ccc(Cl)cc4)nc3)ccc21. The highest BCUT2D eigenvalue weighted by Gasteiger charge is 2.24. The van der Waals surface area contributed by atoms with Gasteiger partial charge in [0.15, 0.2) is 0 Å². The highest BCUT2D eigenvalue weighted by Crippen LogP contribution is 2.30. The number of carbonyl (C=O) groups excluding carboxylic acids is 2. The molecular formula is C23H20ClN3O3. The monoisotopic (exact) mass is 421 g/mol. The van der Waals surface area contributed by atoms with Crippen LogP contribution in [0.15, 0.2) is 60.8 Å². The topological polar surface area (TPSA) is 71.5 Å². The molecule has 2 heterocycles. The Morgan fingerprint density at radius 1 is 1.13 bits per heavy atom. The fourth-order valence-corrected chi connectivity index (χ4v) is 3.46. The summed E-state index contributed by atoms with van der Waals surface area (Å²) in [6.07, 6.45) is 2.76. The number of aromatic nitrogens is 1. The zero-order valence-corrected chi connectivity index (χ0v) is 17.1. The summed E-state index contributed by atoms with van der Waals surface area (Å²) in [5.41, 5.74) is 3.01. The predicted octanol–water partition coefficient (Wildman–Crippen LogP) is 5.08. The number of carbonyl (C=O) groups is 2. The van der Waals surface area contributed by atoms with Gasteiger partial charge in [0, 0.05) is 35.3 Å². The molecule has 1 aliphatic heterocycles. The van der Waals surface area contributed by atoms with E-state index in [1.54, 1.807) is 47.4 Å². The summed E-state index contributed by atoms with van der Waals surface area (Å²) in [6, 6.07) is 15.8. The van der Waals surface area contributed by atoms with Crippen molar-refractivity contribution in [1.29, 1.82) is 0 Å². The molecule has 0 spiro atoms. The molecule has 0 fully saturated rings. The van der Waals surface area contributed by atoms with E-state index >= 15 is 0 Å². The normalized spacial score (nSPS) is 12.4. The van der Waals surface area contributed by atoms with E-state index in [1.807, 2.05) is 19.1 Å². The third-order valence-electron chi connectivity index (χ3n) is 4.87. The lowest BCUT2D eigenvalue weighted by atomic mass is 10.1. The van der Waals surface area contributed by atoms with E-state index in [9.17, 15) is 9.59 Å². The van der Waals surface area contributed by atoms with Crippen LogP contribution in [0, 0.1) is 0 Å². The van der Waals surface area contributed by atoms with Crippen LogP contribution in [-0.4, -0.2) is 23.3 Å². The lowest BCUT2D eigenvalue weighted by Crippen LogP contribution is -2.27. The van der Waals surface area contributed by atoms with Crippen molar-refractivity contribution in [1.82, 2.24) is 4.98 Å². The number of nitrogens with one attached hydrogen (secondary N) is 1. The molecule has 0 atom stereocenters. The Morgan fingerprint density at radius 2 is 1.93 bits per heavy atom. The Hall–Kier alpha value is -3.38. The number of fused-ring (bicyclic) bond motifs is 1. The molecule has 0 saturated heterocycles. The molecule has 0 radical (unpaired) electrons. The van der Waals surface area contributed by atoms with Gasteiger partial charge in [-0.05, 0) is 60.5 Å². The predicted molar refractivity (Wildman–Crippen MR) is 117 cm³/mol. The van der Waals surface area contributed by atoms with Gasteiger partial charge in [-0.3, -0.25) is 9.59 Å². The number of hydrogen-bond acceptors (Lipinski definition) is 4. The summed E-state index contributed by atoms with van der Waals surface area (Å²) in [5.74, 6) is 0.898. The van der Waals surface area contributed by atoms with Gasteiger partial charge in [-0.2, -0.15) is 0 Å². The van der Waals surface area contributed by atoms with Crippen molar-refractivity contribution in [3.63, 3.8) is 0 Å². The second kappa shape index (κ2) is 8.55.